The Hall–Kier alpha value is -3.39. The van der Waals surface area contributed by atoms with Crippen LogP contribution in [0.2, 0.25) is 5.02 Å². The Morgan fingerprint density at radius 1 is 1.09 bits per heavy atom. The van der Waals surface area contributed by atoms with Crippen molar-refractivity contribution in [3.8, 4) is 23.1 Å². The highest BCUT2D eigenvalue weighted by atomic mass is 35.5. The third kappa shape index (κ3) is 6.10. The number of methoxy groups -OCH3 is 1. The summed E-state index contributed by atoms with van der Waals surface area (Å²) >= 11 is 6.85. The van der Waals surface area contributed by atoms with Gasteiger partial charge in [-0.05, 0) is 76.5 Å². The fraction of sp³-hybridized carbons (Fsp3) is 0.641. The van der Waals surface area contributed by atoms with Crippen LogP contribution in [0.3, 0.4) is 0 Å². The number of pyridine rings is 1. The number of β-amino-alcohol motifs (C(OH)–C–C–N with tert-alkyl or cyclic N) is 1. The van der Waals surface area contributed by atoms with Gasteiger partial charge in [0.25, 0.3) is 0 Å². The predicted molar refractivity (Wildman–Crippen MR) is 200 cm³/mol. The van der Waals surface area contributed by atoms with Gasteiger partial charge < -0.3 is 24.2 Å². The van der Waals surface area contributed by atoms with Crippen molar-refractivity contribution in [1.29, 1.82) is 0 Å². The molecule has 53 heavy (non-hydrogen) atoms. The Morgan fingerprint density at radius 3 is 2.60 bits per heavy atom. The third-order valence-corrected chi connectivity index (χ3v) is 13.1. The number of rotatable bonds is 8. The number of aromatic nitrogens is 5. The van der Waals surface area contributed by atoms with Gasteiger partial charge in [-0.3, -0.25) is 10.00 Å². The van der Waals surface area contributed by atoms with Gasteiger partial charge in [-0.2, -0.15) is 15.1 Å². The van der Waals surface area contributed by atoms with Crippen LogP contribution in [0.5, 0.6) is 11.9 Å². The number of aliphatic hydroxyl groups is 1. The van der Waals surface area contributed by atoms with Crippen molar-refractivity contribution in [2.45, 2.75) is 96.2 Å². The minimum atomic E-state index is -1.56. The summed E-state index contributed by atoms with van der Waals surface area (Å²) in [5.74, 6) is -0.348. The molecule has 6 heterocycles. The fourth-order valence-corrected chi connectivity index (χ4v) is 10.2. The number of anilines is 1. The first kappa shape index (κ1) is 36.6. The zero-order chi connectivity index (χ0) is 37.1. The van der Waals surface area contributed by atoms with Gasteiger partial charge in [0, 0.05) is 40.4 Å². The number of fused-ring (bicyclic) bond motifs is 3. The van der Waals surface area contributed by atoms with Crippen molar-refractivity contribution < 1.29 is 28.1 Å². The Morgan fingerprint density at radius 2 is 1.87 bits per heavy atom. The highest BCUT2D eigenvalue weighted by molar-refractivity contribution is 6.35. The van der Waals surface area contributed by atoms with Crippen LogP contribution >= 0.6 is 11.6 Å². The molecule has 5 fully saturated rings. The van der Waals surface area contributed by atoms with Crippen LogP contribution in [0.25, 0.3) is 33.1 Å². The minimum Gasteiger partial charge on any atom is -0.480 e. The number of hydrogen-bond donors (Lipinski definition) is 2. The quantitative estimate of drug-likeness (QED) is 0.191. The Labute approximate surface area is 313 Å². The average molecular weight is 754 g/mol. The standard InChI is InChI=1S/C37H44ClF2N7O4.C2H6/c1-21-12-24-23(15-41-45-24)26(28(21)38)30-29(40)31-27(33(42-30)49-2)32(46-10-5-9-37(48,16-39)17-46)44-34(43-31)51-20-36-7-3-6-25(36)47(11-4-8-36)22-13-35(14-22)18-50-19-35;1-2/h12,15,22,25,48H,3-11,13-14,16-20H2,1-2H3,(H,41,45);1-2H3. The molecular weight excluding hydrogens is 704 g/mol. The molecule has 1 spiro atoms. The number of hydrogen-bond acceptors (Lipinski definition) is 10. The van der Waals surface area contributed by atoms with E-state index in [9.17, 15) is 9.50 Å². The predicted octanol–water partition coefficient (Wildman–Crippen LogP) is 7.20. The summed E-state index contributed by atoms with van der Waals surface area (Å²) in [7, 11) is 1.45. The van der Waals surface area contributed by atoms with Gasteiger partial charge in [-0.15, -0.1) is 0 Å². The van der Waals surface area contributed by atoms with E-state index < -0.39 is 18.1 Å². The second-order valence-corrected chi connectivity index (χ2v) is 16.3. The van der Waals surface area contributed by atoms with Gasteiger partial charge in [0.15, 0.2) is 5.82 Å². The molecule has 0 amide bonds. The van der Waals surface area contributed by atoms with Crippen molar-refractivity contribution in [3.63, 3.8) is 0 Å². The number of ether oxygens (including phenoxy) is 3. The molecule has 4 aromatic rings. The van der Waals surface area contributed by atoms with Crippen molar-refractivity contribution in [1.82, 2.24) is 30.0 Å². The molecule has 9 rings (SSSR count). The van der Waals surface area contributed by atoms with Crippen LogP contribution in [0.4, 0.5) is 14.6 Å². The van der Waals surface area contributed by atoms with E-state index in [1.165, 1.54) is 20.0 Å². The highest BCUT2D eigenvalue weighted by Crippen LogP contribution is 2.55. The lowest BCUT2D eigenvalue weighted by Gasteiger charge is -2.60. The smallest absolute Gasteiger partial charge is 0.319 e. The average Bonchev–Trinajstić information content (AvgIpc) is 3.79. The summed E-state index contributed by atoms with van der Waals surface area (Å²) in [5.41, 5.74) is 0.454. The minimum absolute atomic E-state index is 0.0279. The van der Waals surface area contributed by atoms with E-state index in [0.717, 1.165) is 57.4 Å². The van der Waals surface area contributed by atoms with Crippen molar-refractivity contribution in [2.24, 2.45) is 10.8 Å². The lowest BCUT2D eigenvalue weighted by Crippen LogP contribution is -2.64. The number of halogens is 3. The van der Waals surface area contributed by atoms with Crippen LogP contribution < -0.4 is 14.4 Å². The van der Waals surface area contributed by atoms with Gasteiger partial charge in [0.2, 0.25) is 5.88 Å². The fourth-order valence-electron chi connectivity index (χ4n) is 9.93. The summed E-state index contributed by atoms with van der Waals surface area (Å²) < 4.78 is 49.3. The molecule has 11 nitrogen and oxygen atoms in total. The first-order valence-electron chi connectivity index (χ1n) is 19.2. The van der Waals surface area contributed by atoms with Gasteiger partial charge in [0.05, 0.1) is 50.2 Å². The normalized spacial score (nSPS) is 26.9. The Kier molecular flexibility index (Phi) is 9.69. The number of benzene rings is 1. The van der Waals surface area contributed by atoms with E-state index in [4.69, 9.17) is 35.8 Å². The van der Waals surface area contributed by atoms with E-state index in [1.807, 2.05) is 26.8 Å². The molecule has 5 aliphatic rings. The van der Waals surface area contributed by atoms with Gasteiger partial charge >= 0.3 is 6.01 Å². The largest absolute Gasteiger partial charge is 0.480 e. The zero-order valence-corrected chi connectivity index (χ0v) is 31.9. The summed E-state index contributed by atoms with van der Waals surface area (Å²) in [6.07, 6.45) is 10.3. The maximum Gasteiger partial charge on any atom is 0.319 e. The molecule has 3 atom stereocenters. The summed E-state index contributed by atoms with van der Waals surface area (Å²) in [4.78, 5) is 18.8. The highest BCUT2D eigenvalue weighted by Gasteiger charge is 2.57. The van der Waals surface area contributed by atoms with E-state index >= 15 is 4.39 Å². The molecule has 0 bridgehead atoms. The zero-order valence-electron chi connectivity index (χ0n) is 31.1. The first-order valence-corrected chi connectivity index (χ1v) is 19.6. The van der Waals surface area contributed by atoms with Crippen molar-refractivity contribution in [2.75, 3.05) is 58.1 Å². The molecule has 14 heteroatoms. The van der Waals surface area contributed by atoms with Gasteiger partial charge in [-0.25, -0.2) is 13.8 Å². The molecule has 2 aliphatic carbocycles. The van der Waals surface area contributed by atoms with Crippen LogP contribution in [0, 0.1) is 23.6 Å². The molecule has 1 aromatic carbocycles. The second-order valence-electron chi connectivity index (χ2n) is 15.9. The number of alkyl halides is 1. The molecule has 3 saturated heterocycles. The van der Waals surface area contributed by atoms with Gasteiger partial charge in [0.1, 0.15) is 34.7 Å². The number of aromatic amines is 1. The topological polar surface area (TPSA) is 122 Å². The SMILES string of the molecule is CC.COc1nc(-c2c(Cl)c(C)cc3[nH]ncc23)c(F)c2nc(OCC34CCCC3N(C3CC5(COC5)C3)CCC4)nc(N3CCCC(O)(CF)C3)c12. The number of piperidine rings is 2. The molecule has 3 aromatic heterocycles. The van der Waals surface area contributed by atoms with Crippen molar-refractivity contribution >= 4 is 39.2 Å². The Bertz CT molecular complexity index is 2000. The molecule has 2 N–H and O–H groups in total. The number of nitrogens with one attached hydrogen (secondary N) is 1. The maximum absolute atomic E-state index is 17.2. The lowest BCUT2D eigenvalue weighted by molar-refractivity contribution is -0.196. The molecule has 3 aliphatic heterocycles. The van der Waals surface area contributed by atoms with Crippen LogP contribution in [-0.4, -0.2) is 106 Å². The molecule has 0 radical (unpaired) electrons. The van der Waals surface area contributed by atoms with E-state index in [-0.39, 0.29) is 46.3 Å². The van der Waals surface area contributed by atoms with Gasteiger partial charge in [-0.1, -0.05) is 31.9 Å². The maximum atomic E-state index is 17.2. The first-order chi connectivity index (χ1) is 25.7. The van der Waals surface area contributed by atoms with Crippen LogP contribution in [0.1, 0.15) is 77.2 Å². The molecule has 286 valence electrons. The molecule has 2 saturated carbocycles. The summed E-state index contributed by atoms with van der Waals surface area (Å²) in [5, 5.41) is 19.3. The number of aryl methyl sites for hydroxylation is 1. The monoisotopic (exact) mass is 753 g/mol. The van der Waals surface area contributed by atoms with E-state index in [0.29, 0.717) is 65.0 Å². The number of H-pyrrole nitrogens is 1. The van der Waals surface area contributed by atoms with E-state index in [1.54, 1.807) is 11.1 Å². The summed E-state index contributed by atoms with van der Waals surface area (Å²) in [6.45, 7) is 8.65. The molecular formula is C39H50ClF2N7O4. The van der Waals surface area contributed by atoms with Crippen molar-refractivity contribution in [3.05, 3.63) is 28.7 Å². The van der Waals surface area contributed by atoms with E-state index in [2.05, 4.69) is 20.1 Å². The molecule has 3 unspecified atom stereocenters. The third-order valence-electron chi connectivity index (χ3n) is 12.6. The van der Waals surface area contributed by atoms with Crippen LogP contribution in [0.15, 0.2) is 12.3 Å². The summed E-state index contributed by atoms with van der Waals surface area (Å²) in [6, 6.07) is 2.87. The number of nitrogens with zero attached hydrogens (tertiary/aromatic N) is 6. The Balaban J connectivity index is 0.00000197. The van der Waals surface area contributed by atoms with Crippen LogP contribution in [-0.2, 0) is 4.74 Å². The second kappa shape index (κ2) is 14.0. The lowest BCUT2D eigenvalue weighted by atomic mass is 9.62. The number of likely N-dealkylation sites (tertiary alicyclic amines) is 1.